The largest absolute Gasteiger partial charge is 0.307 e. The van der Waals surface area contributed by atoms with Crippen molar-refractivity contribution in [3.8, 4) is 0 Å². The van der Waals surface area contributed by atoms with Crippen molar-refractivity contribution in [2.45, 2.75) is 38.6 Å². The molecule has 1 atom stereocenters. The molecule has 1 saturated heterocycles. The molecule has 0 aliphatic carbocycles. The Bertz CT molecular complexity index is 300. The van der Waals surface area contributed by atoms with E-state index in [1.165, 1.54) is 24.8 Å². The van der Waals surface area contributed by atoms with Gasteiger partial charge in [0, 0.05) is 17.9 Å². The lowest BCUT2D eigenvalue weighted by Crippen LogP contribution is -2.49. The summed E-state index contributed by atoms with van der Waals surface area (Å²) in [6.07, 6.45) is 7.67. The van der Waals surface area contributed by atoms with Crippen molar-refractivity contribution >= 4 is 0 Å². The molecule has 1 aliphatic heterocycles. The van der Waals surface area contributed by atoms with Crippen molar-refractivity contribution in [1.82, 2.24) is 10.3 Å². The van der Waals surface area contributed by atoms with E-state index in [0.717, 1.165) is 6.54 Å². The smallest absolute Gasteiger partial charge is 0.0459 e. The van der Waals surface area contributed by atoms with Crippen molar-refractivity contribution in [2.75, 3.05) is 6.54 Å². The van der Waals surface area contributed by atoms with E-state index in [1.807, 2.05) is 12.4 Å². The molecule has 1 aliphatic rings. The number of rotatable bonds is 2. The standard InChI is InChI=1S/C13H20N2/c1-11(2)13(7-3-4-8-15-13)12-5-9-14-10-6-12/h5-6,9-11,15H,3-4,7-8H2,1-2H3. The zero-order valence-electron chi connectivity index (χ0n) is 9.66. The highest BCUT2D eigenvalue weighted by molar-refractivity contribution is 5.23. The lowest BCUT2D eigenvalue weighted by molar-refractivity contribution is 0.184. The number of pyridine rings is 1. The Morgan fingerprint density at radius 3 is 2.53 bits per heavy atom. The molecule has 1 unspecified atom stereocenters. The Labute approximate surface area is 92.1 Å². The number of piperidine rings is 1. The molecule has 2 nitrogen and oxygen atoms in total. The van der Waals surface area contributed by atoms with Crippen LogP contribution in [0.4, 0.5) is 0 Å². The van der Waals surface area contributed by atoms with E-state index in [9.17, 15) is 0 Å². The quantitative estimate of drug-likeness (QED) is 0.801. The first-order valence-corrected chi connectivity index (χ1v) is 5.91. The topological polar surface area (TPSA) is 24.9 Å². The van der Waals surface area contributed by atoms with Gasteiger partial charge in [-0.15, -0.1) is 0 Å². The molecular formula is C13H20N2. The first-order valence-electron chi connectivity index (χ1n) is 5.91. The molecule has 1 aromatic rings. The van der Waals surface area contributed by atoms with Gasteiger partial charge < -0.3 is 5.32 Å². The highest BCUT2D eigenvalue weighted by Gasteiger charge is 2.36. The SMILES string of the molecule is CC(C)C1(c2ccncc2)CCCCN1. The molecular weight excluding hydrogens is 184 g/mol. The van der Waals surface area contributed by atoms with E-state index < -0.39 is 0 Å². The van der Waals surface area contributed by atoms with Gasteiger partial charge >= 0.3 is 0 Å². The molecule has 1 N–H and O–H groups in total. The van der Waals surface area contributed by atoms with E-state index >= 15 is 0 Å². The van der Waals surface area contributed by atoms with Gasteiger partial charge in [-0.05, 0) is 49.4 Å². The molecule has 1 aromatic heterocycles. The summed E-state index contributed by atoms with van der Waals surface area (Å²) in [6, 6.07) is 4.30. The van der Waals surface area contributed by atoms with Crippen LogP contribution in [0.5, 0.6) is 0 Å². The Balaban J connectivity index is 2.34. The van der Waals surface area contributed by atoms with Gasteiger partial charge in [0.1, 0.15) is 0 Å². The number of hydrogen-bond acceptors (Lipinski definition) is 2. The van der Waals surface area contributed by atoms with E-state index in [-0.39, 0.29) is 5.54 Å². The van der Waals surface area contributed by atoms with Gasteiger partial charge in [-0.1, -0.05) is 13.8 Å². The average Bonchev–Trinajstić information content (AvgIpc) is 2.31. The summed E-state index contributed by atoms with van der Waals surface area (Å²) in [4.78, 5) is 4.10. The minimum atomic E-state index is 0.182. The molecule has 0 spiro atoms. The van der Waals surface area contributed by atoms with Crippen LogP contribution in [-0.4, -0.2) is 11.5 Å². The van der Waals surface area contributed by atoms with Gasteiger partial charge in [0.05, 0.1) is 0 Å². The fourth-order valence-corrected chi connectivity index (χ4v) is 2.65. The van der Waals surface area contributed by atoms with E-state index in [0.29, 0.717) is 5.92 Å². The van der Waals surface area contributed by atoms with E-state index in [4.69, 9.17) is 0 Å². The van der Waals surface area contributed by atoms with Gasteiger partial charge in [-0.2, -0.15) is 0 Å². The maximum absolute atomic E-state index is 4.10. The Hall–Kier alpha value is -0.890. The van der Waals surface area contributed by atoms with Gasteiger partial charge in [0.2, 0.25) is 0 Å². The van der Waals surface area contributed by atoms with Crippen molar-refractivity contribution in [3.05, 3.63) is 30.1 Å². The van der Waals surface area contributed by atoms with Crippen LogP contribution in [0.3, 0.4) is 0 Å². The molecule has 0 aromatic carbocycles. The van der Waals surface area contributed by atoms with Crippen molar-refractivity contribution in [2.24, 2.45) is 5.92 Å². The maximum Gasteiger partial charge on any atom is 0.0459 e. The van der Waals surface area contributed by atoms with Crippen molar-refractivity contribution in [3.63, 3.8) is 0 Å². The highest BCUT2D eigenvalue weighted by atomic mass is 15.0. The second-order valence-electron chi connectivity index (χ2n) is 4.75. The lowest BCUT2D eigenvalue weighted by atomic mass is 9.74. The van der Waals surface area contributed by atoms with E-state index in [2.05, 4.69) is 36.3 Å². The summed E-state index contributed by atoms with van der Waals surface area (Å²) in [6.45, 7) is 5.75. The van der Waals surface area contributed by atoms with Crippen LogP contribution in [-0.2, 0) is 5.54 Å². The van der Waals surface area contributed by atoms with Crippen LogP contribution in [0.2, 0.25) is 0 Å². The van der Waals surface area contributed by atoms with Crippen LogP contribution >= 0.6 is 0 Å². The normalized spacial score (nSPS) is 26.9. The summed E-state index contributed by atoms with van der Waals surface area (Å²) in [5.41, 5.74) is 1.58. The number of aromatic nitrogens is 1. The Kier molecular flexibility index (Phi) is 3.06. The summed E-state index contributed by atoms with van der Waals surface area (Å²) in [7, 11) is 0. The molecule has 1 fully saturated rings. The third-order valence-electron chi connectivity index (χ3n) is 3.62. The third kappa shape index (κ3) is 1.91. The van der Waals surface area contributed by atoms with Crippen LogP contribution < -0.4 is 5.32 Å². The zero-order valence-corrected chi connectivity index (χ0v) is 9.66. The first-order chi connectivity index (χ1) is 7.26. The maximum atomic E-state index is 4.10. The predicted octanol–water partition coefficient (Wildman–Crippen LogP) is 2.71. The summed E-state index contributed by atoms with van der Waals surface area (Å²) >= 11 is 0. The van der Waals surface area contributed by atoms with Gasteiger partial charge in [0.15, 0.2) is 0 Å². The van der Waals surface area contributed by atoms with Gasteiger partial charge in [-0.25, -0.2) is 0 Å². The summed E-state index contributed by atoms with van der Waals surface area (Å²) in [5, 5.41) is 3.72. The van der Waals surface area contributed by atoms with Crippen LogP contribution in [0.25, 0.3) is 0 Å². The molecule has 15 heavy (non-hydrogen) atoms. The zero-order chi connectivity index (χ0) is 10.7. The Morgan fingerprint density at radius 1 is 1.27 bits per heavy atom. The monoisotopic (exact) mass is 204 g/mol. The van der Waals surface area contributed by atoms with Crippen LogP contribution in [0.1, 0.15) is 38.7 Å². The number of nitrogens with zero attached hydrogens (tertiary/aromatic N) is 1. The number of nitrogens with one attached hydrogen (secondary N) is 1. The molecule has 2 heteroatoms. The highest BCUT2D eigenvalue weighted by Crippen LogP contribution is 2.36. The summed E-state index contributed by atoms with van der Waals surface area (Å²) in [5.74, 6) is 0.625. The second-order valence-corrected chi connectivity index (χ2v) is 4.75. The molecule has 82 valence electrons. The minimum absolute atomic E-state index is 0.182. The molecule has 0 radical (unpaired) electrons. The molecule has 0 bridgehead atoms. The van der Waals surface area contributed by atoms with Crippen molar-refractivity contribution in [1.29, 1.82) is 0 Å². The fraction of sp³-hybridized carbons (Fsp3) is 0.615. The van der Waals surface area contributed by atoms with Gasteiger partial charge in [0.25, 0.3) is 0 Å². The lowest BCUT2D eigenvalue weighted by Gasteiger charge is -2.42. The minimum Gasteiger partial charge on any atom is -0.307 e. The summed E-state index contributed by atoms with van der Waals surface area (Å²) < 4.78 is 0. The Morgan fingerprint density at radius 2 is 2.00 bits per heavy atom. The fourth-order valence-electron chi connectivity index (χ4n) is 2.65. The average molecular weight is 204 g/mol. The van der Waals surface area contributed by atoms with E-state index in [1.54, 1.807) is 0 Å². The second kappa shape index (κ2) is 4.31. The van der Waals surface area contributed by atoms with Gasteiger partial charge in [-0.3, -0.25) is 4.98 Å². The van der Waals surface area contributed by atoms with Crippen LogP contribution in [0, 0.1) is 5.92 Å². The van der Waals surface area contributed by atoms with Crippen molar-refractivity contribution < 1.29 is 0 Å². The number of hydrogen-bond donors (Lipinski definition) is 1. The first kappa shape index (κ1) is 10.6. The molecule has 2 rings (SSSR count). The molecule has 2 heterocycles. The van der Waals surface area contributed by atoms with Crippen LogP contribution in [0.15, 0.2) is 24.5 Å². The molecule has 0 amide bonds. The third-order valence-corrected chi connectivity index (χ3v) is 3.62. The molecule has 0 saturated carbocycles. The predicted molar refractivity (Wildman–Crippen MR) is 62.6 cm³/mol.